The molecule has 0 aliphatic carbocycles. The number of fused-ring (bicyclic) bond motifs is 1. The molecule has 0 saturated heterocycles. The smallest absolute Gasteiger partial charge is 0.371 e. The van der Waals surface area contributed by atoms with Gasteiger partial charge in [0.1, 0.15) is 11.5 Å². The lowest BCUT2D eigenvalue weighted by Crippen LogP contribution is -1.97. The molecule has 6 heteroatoms. The van der Waals surface area contributed by atoms with E-state index >= 15 is 0 Å². The third kappa shape index (κ3) is 2.83. The first-order valence-electron chi connectivity index (χ1n) is 7.15. The third-order valence-electron chi connectivity index (χ3n) is 3.52. The number of benzene rings is 1. The average molecular weight is 313 g/mol. The molecule has 0 aliphatic rings. The van der Waals surface area contributed by atoms with Gasteiger partial charge in [-0.2, -0.15) is 0 Å². The van der Waals surface area contributed by atoms with Crippen molar-refractivity contribution in [2.45, 2.75) is 13.5 Å². The molecule has 0 aliphatic heterocycles. The Morgan fingerprint density at radius 3 is 2.83 bits per heavy atom. The summed E-state index contributed by atoms with van der Waals surface area (Å²) in [5.74, 6) is -0.00750. The van der Waals surface area contributed by atoms with Gasteiger partial charge in [0.05, 0.1) is 13.2 Å². The number of nitrogens with zero attached hydrogens (tertiary/aromatic N) is 1. The molecule has 2 heterocycles. The van der Waals surface area contributed by atoms with E-state index in [2.05, 4.69) is 0 Å². The van der Waals surface area contributed by atoms with E-state index in [4.69, 9.17) is 14.3 Å². The zero-order valence-electron chi connectivity index (χ0n) is 12.5. The van der Waals surface area contributed by atoms with Crippen LogP contribution in [-0.4, -0.2) is 28.5 Å². The van der Waals surface area contributed by atoms with Crippen molar-refractivity contribution in [1.29, 1.82) is 0 Å². The maximum absolute atomic E-state index is 11.3. The van der Waals surface area contributed by atoms with Gasteiger partial charge in [-0.3, -0.25) is 4.79 Å². The van der Waals surface area contributed by atoms with Crippen LogP contribution in [0.5, 0.6) is 5.75 Å². The molecular weight excluding hydrogens is 298 g/mol. The Kier molecular flexibility index (Phi) is 3.89. The van der Waals surface area contributed by atoms with Crippen LogP contribution in [-0.2, 0) is 6.54 Å². The van der Waals surface area contributed by atoms with Crippen molar-refractivity contribution < 1.29 is 23.8 Å². The number of aldehydes is 1. The molecule has 6 nitrogen and oxygen atoms in total. The van der Waals surface area contributed by atoms with Gasteiger partial charge >= 0.3 is 5.97 Å². The van der Waals surface area contributed by atoms with E-state index in [1.54, 1.807) is 12.3 Å². The number of aromatic nitrogens is 1. The minimum Gasteiger partial charge on any atom is -0.494 e. The number of rotatable bonds is 6. The Morgan fingerprint density at radius 2 is 2.17 bits per heavy atom. The zero-order chi connectivity index (χ0) is 16.4. The van der Waals surface area contributed by atoms with Gasteiger partial charge in [-0.1, -0.05) is 0 Å². The molecule has 118 valence electrons. The van der Waals surface area contributed by atoms with Crippen molar-refractivity contribution in [3.63, 3.8) is 0 Å². The Hall–Kier alpha value is -3.02. The highest BCUT2D eigenvalue weighted by Gasteiger charge is 2.13. The molecule has 3 rings (SSSR count). The zero-order valence-corrected chi connectivity index (χ0v) is 12.5. The number of aromatic carboxylic acids is 1. The van der Waals surface area contributed by atoms with Crippen LogP contribution in [0.25, 0.3) is 10.9 Å². The summed E-state index contributed by atoms with van der Waals surface area (Å²) in [5.41, 5.74) is 1.40. The number of carbonyl (C=O) groups excluding carboxylic acids is 1. The number of carboxylic acid groups (broad SMARTS) is 1. The van der Waals surface area contributed by atoms with Crippen molar-refractivity contribution >= 4 is 23.2 Å². The van der Waals surface area contributed by atoms with Crippen molar-refractivity contribution in [2.24, 2.45) is 0 Å². The molecule has 1 aromatic carbocycles. The standard InChI is InChI=1S/C17H15NO5/c1-2-22-12-3-5-15-14(7-12)11(10-19)8-18(15)9-13-4-6-16(23-13)17(20)21/h3-8,10H,2,9H2,1H3,(H,20,21). The molecule has 0 saturated carbocycles. The summed E-state index contributed by atoms with van der Waals surface area (Å²) in [5, 5.41) is 9.69. The molecule has 0 fully saturated rings. The van der Waals surface area contributed by atoms with E-state index in [0.29, 0.717) is 30.2 Å². The van der Waals surface area contributed by atoms with E-state index in [1.807, 2.05) is 29.7 Å². The summed E-state index contributed by atoms with van der Waals surface area (Å²) in [6.07, 6.45) is 2.51. The molecular formula is C17H15NO5. The van der Waals surface area contributed by atoms with E-state index < -0.39 is 5.97 Å². The van der Waals surface area contributed by atoms with Crippen LogP contribution in [0.2, 0.25) is 0 Å². The van der Waals surface area contributed by atoms with Crippen LogP contribution < -0.4 is 4.74 Å². The normalized spacial score (nSPS) is 10.8. The van der Waals surface area contributed by atoms with Crippen LogP contribution in [0, 0.1) is 0 Å². The van der Waals surface area contributed by atoms with Crippen LogP contribution in [0.4, 0.5) is 0 Å². The lowest BCUT2D eigenvalue weighted by molar-refractivity contribution is 0.0660. The number of hydrogen-bond donors (Lipinski definition) is 1. The summed E-state index contributed by atoms with van der Waals surface area (Å²) in [4.78, 5) is 22.2. The summed E-state index contributed by atoms with van der Waals surface area (Å²) in [6.45, 7) is 2.78. The first kappa shape index (κ1) is 14.9. The quantitative estimate of drug-likeness (QED) is 0.707. The van der Waals surface area contributed by atoms with Gasteiger partial charge in [0.15, 0.2) is 6.29 Å². The molecule has 0 spiro atoms. The summed E-state index contributed by atoms with van der Waals surface area (Å²) in [6, 6.07) is 8.56. The van der Waals surface area contributed by atoms with Gasteiger partial charge in [-0.05, 0) is 37.3 Å². The largest absolute Gasteiger partial charge is 0.494 e. The molecule has 0 atom stereocenters. The lowest BCUT2D eigenvalue weighted by Gasteiger charge is -2.05. The predicted molar refractivity (Wildman–Crippen MR) is 83.3 cm³/mol. The summed E-state index contributed by atoms with van der Waals surface area (Å²) >= 11 is 0. The molecule has 3 aromatic rings. The second kappa shape index (κ2) is 6.00. The van der Waals surface area contributed by atoms with Crippen molar-refractivity contribution in [2.75, 3.05) is 6.61 Å². The maximum Gasteiger partial charge on any atom is 0.371 e. The van der Waals surface area contributed by atoms with Gasteiger partial charge in [0.25, 0.3) is 0 Å². The van der Waals surface area contributed by atoms with E-state index in [0.717, 1.165) is 17.2 Å². The maximum atomic E-state index is 11.3. The van der Waals surface area contributed by atoms with Crippen molar-refractivity contribution in [3.05, 3.63) is 53.6 Å². The highest BCUT2D eigenvalue weighted by molar-refractivity contribution is 5.98. The minimum absolute atomic E-state index is 0.106. The highest BCUT2D eigenvalue weighted by Crippen LogP contribution is 2.26. The van der Waals surface area contributed by atoms with E-state index in [1.165, 1.54) is 6.07 Å². The summed E-state index contributed by atoms with van der Waals surface area (Å²) in [7, 11) is 0. The Morgan fingerprint density at radius 1 is 1.35 bits per heavy atom. The number of hydrogen-bond acceptors (Lipinski definition) is 4. The van der Waals surface area contributed by atoms with Crippen LogP contribution in [0.1, 0.15) is 33.6 Å². The Balaban J connectivity index is 1.99. The first-order valence-corrected chi connectivity index (χ1v) is 7.15. The summed E-state index contributed by atoms with van der Waals surface area (Å²) < 4.78 is 12.6. The molecule has 0 bridgehead atoms. The third-order valence-corrected chi connectivity index (χ3v) is 3.52. The topological polar surface area (TPSA) is 81.7 Å². The van der Waals surface area contributed by atoms with Crippen LogP contribution >= 0.6 is 0 Å². The molecule has 2 aromatic heterocycles. The van der Waals surface area contributed by atoms with Crippen LogP contribution in [0.3, 0.4) is 0 Å². The minimum atomic E-state index is -1.11. The SMILES string of the molecule is CCOc1ccc2c(c1)c(C=O)cn2Cc1ccc(C(=O)O)o1. The number of furan rings is 1. The predicted octanol–water partition coefficient (Wildman–Crippen LogP) is 3.19. The molecule has 0 radical (unpaired) electrons. The Bertz CT molecular complexity index is 874. The average Bonchev–Trinajstić information content (AvgIpc) is 3.13. The van der Waals surface area contributed by atoms with E-state index in [9.17, 15) is 9.59 Å². The van der Waals surface area contributed by atoms with Gasteiger partial charge in [-0.15, -0.1) is 0 Å². The number of carboxylic acids is 1. The number of ether oxygens (including phenoxy) is 1. The molecule has 23 heavy (non-hydrogen) atoms. The molecule has 0 unspecified atom stereocenters. The van der Waals surface area contributed by atoms with Gasteiger partial charge in [-0.25, -0.2) is 4.79 Å². The molecule has 0 amide bonds. The first-order chi connectivity index (χ1) is 11.1. The second-order valence-corrected chi connectivity index (χ2v) is 5.01. The van der Waals surface area contributed by atoms with Gasteiger partial charge in [0.2, 0.25) is 5.76 Å². The van der Waals surface area contributed by atoms with E-state index in [-0.39, 0.29) is 5.76 Å². The van der Waals surface area contributed by atoms with Gasteiger partial charge < -0.3 is 18.8 Å². The van der Waals surface area contributed by atoms with Gasteiger partial charge in [0, 0.05) is 22.7 Å². The fourth-order valence-electron chi connectivity index (χ4n) is 2.53. The fraction of sp³-hybridized carbons (Fsp3) is 0.176. The van der Waals surface area contributed by atoms with Crippen LogP contribution in [0.15, 0.2) is 40.9 Å². The number of carbonyl (C=O) groups is 2. The Labute approximate surface area is 131 Å². The highest BCUT2D eigenvalue weighted by atomic mass is 16.5. The monoisotopic (exact) mass is 313 g/mol. The molecule has 1 N–H and O–H groups in total. The lowest BCUT2D eigenvalue weighted by atomic mass is 10.2. The van der Waals surface area contributed by atoms with Crippen molar-refractivity contribution in [3.8, 4) is 5.75 Å². The second-order valence-electron chi connectivity index (χ2n) is 5.01. The van der Waals surface area contributed by atoms with Crippen molar-refractivity contribution in [1.82, 2.24) is 4.57 Å². The fourth-order valence-corrected chi connectivity index (χ4v) is 2.53.